The molecule has 0 aliphatic carbocycles. The van der Waals surface area contributed by atoms with Crippen LogP contribution < -0.4 is 9.80 Å². The van der Waals surface area contributed by atoms with Gasteiger partial charge in [0.05, 0.1) is 10.7 Å². The lowest BCUT2D eigenvalue weighted by Crippen LogP contribution is -2.47. The van der Waals surface area contributed by atoms with Crippen LogP contribution >= 0.6 is 15.9 Å². The Balaban J connectivity index is 1.69. The molecule has 2 aromatic heterocycles. The summed E-state index contributed by atoms with van der Waals surface area (Å²) >= 11 is 3.49. The van der Waals surface area contributed by atoms with E-state index in [1.54, 1.807) is 31.1 Å². The van der Waals surface area contributed by atoms with Gasteiger partial charge in [-0.25, -0.2) is 15.0 Å². The van der Waals surface area contributed by atoms with Gasteiger partial charge in [-0.15, -0.1) is 0 Å². The summed E-state index contributed by atoms with van der Waals surface area (Å²) in [5, 5.41) is 0. The highest BCUT2D eigenvalue weighted by molar-refractivity contribution is 9.10. The second kappa shape index (κ2) is 5.48. The van der Waals surface area contributed by atoms with E-state index in [9.17, 15) is 0 Å². The third-order valence-electron chi connectivity index (χ3n) is 3.10. The monoisotopic (exact) mass is 320 g/mol. The van der Waals surface area contributed by atoms with Crippen LogP contribution in [0.5, 0.6) is 0 Å². The standard InChI is InChI=1S/C12H13BrN6/c13-10-7-15-9-17-12(10)19-5-3-18(4-6-19)11-8-14-1-2-16-11/h1-2,7-9H,3-6H2. The Kier molecular flexibility index (Phi) is 3.54. The van der Waals surface area contributed by atoms with Gasteiger partial charge >= 0.3 is 0 Å². The first-order valence-electron chi connectivity index (χ1n) is 6.06. The first-order chi connectivity index (χ1) is 9.34. The minimum absolute atomic E-state index is 0.909. The predicted molar refractivity (Wildman–Crippen MR) is 76.2 cm³/mol. The average Bonchev–Trinajstić information content (AvgIpc) is 2.49. The van der Waals surface area contributed by atoms with Crippen LogP contribution in [-0.4, -0.2) is 46.1 Å². The number of nitrogens with zero attached hydrogens (tertiary/aromatic N) is 6. The van der Waals surface area contributed by atoms with E-state index in [2.05, 4.69) is 45.7 Å². The molecular weight excluding hydrogens is 308 g/mol. The molecule has 0 spiro atoms. The van der Waals surface area contributed by atoms with Crippen LogP contribution in [0.2, 0.25) is 0 Å². The average molecular weight is 321 g/mol. The second-order valence-electron chi connectivity index (χ2n) is 4.23. The van der Waals surface area contributed by atoms with Crippen LogP contribution in [0.3, 0.4) is 0 Å². The predicted octanol–water partition coefficient (Wildman–Crippen LogP) is 1.36. The van der Waals surface area contributed by atoms with Crippen molar-refractivity contribution in [3.63, 3.8) is 0 Å². The highest BCUT2D eigenvalue weighted by Crippen LogP contribution is 2.23. The topological polar surface area (TPSA) is 58.0 Å². The van der Waals surface area contributed by atoms with E-state index in [-0.39, 0.29) is 0 Å². The summed E-state index contributed by atoms with van der Waals surface area (Å²) in [4.78, 5) is 21.2. The van der Waals surface area contributed by atoms with Crippen LogP contribution in [0.4, 0.5) is 11.6 Å². The van der Waals surface area contributed by atoms with Crippen LogP contribution in [0.15, 0.2) is 35.6 Å². The smallest absolute Gasteiger partial charge is 0.147 e. The largest absolute Gasteiger partial charge is 0.352 e. The lowest BCUT2D eigenvalue weighted by molar-refractivity contribution is 0.639. The summed E-state index contributed by atoms with van der Waals surface area (Å²) in [5.74, 6) is 1.89. The first kappa shape index (κ1) is 12.3. The van der Waals surface area contributed by atoms with E-state index in [0.29, 0.717) is 0 Å². The SMILES string of the molecule is Brc1cncnc1N1CCN(c2cnccn2)CC1. The van der Waals surface area contributed by atoms with Gasteiger partial charge in [0.1, 0.15) is 18.0 Å². The molecule has 0 aromatic carbocycles. The molecule has 0 bridgehead atoms. The number of hydrogen-bond donors (Lipinski definition) is 0. The van der Waals surface area contributed by atoms with Gasteiger partial charge in [0, 0.05) is 44.8 Å². The molecule has 7 heteroatoms. The number of halogens is 1. The van der Waals surface area contributed by atoms with Gasteiger partial charge in [0.2, 0.25) is 0 Å². The zero-order chi connectivity index (χ0) is 13.1. The lowest BCUT2D eigenvalue weighted by atomic mass is 10.3. The summed E-state index contributed by atoms with van der Waals surface area (Å²) < 4.78 is 0.933. The maximum Gasteiger partial charge on any atom is 0.147 e. The molecule has 98 valence electrons. The Hall–Kier alpha value is -1.76. The van der Waals surface area contributed by atoms with Crippen molar-refractivity contribution < 1.29 is 0 Å². The van der Waals surface area contributed by atoms with Crippen molar-refractivity contribution in [2.24, 2.45) is 0 Å². The van der Waals surface area contributed by atoms with Crippen molar-refractivity contribution in [3.8, 4) is 0 Å². The van der Waals surface area contributed by atoms with Crippen LogP contribution in [-0.2, 0) is 0 Å². The van der Waals surface area contributed by atoms with Gasteiger partial charge in [0.25, 0.3) is 0 Å². The van der Waals surface area contributed by atoms with E-state index < -0.39 is 0 Å². The minimum atomic E-state index is 0.909. The molecule has 19 heavy (non-hydrogen) atoms. The van der Waals surface area contributed by atoms with Crippen molar-refractivity contribution >= 4 is 27.6 Å². The molecule has 2 aromatic rings. The Bertz CT molecular complexity index is 541. The van der Waals surface area contributed by atoms with Crippen LogP contribution in [0.25, 0.3) is 0 Å². The van der Waals surface area contributed by atoms with Crippen molar-refractivity contribution in [1.29, 1.82) is 0 Å². The highest BCUT2D eigenvalue weighted by atomic mass is 79.9. The van der Waals surface area contributed by atoms with Crippen molar-refractivity contribution in [3.05, 3.63) is 35.6 Å². The summed E-state index contributed by atoms with van der Waals surface area (Å²) in [7, 11) is 0. The minimum Gasteiger partial charge on any atom is -0.352 e. The molecule has 1 aliphatic rings. The number of rotatable bonds is 2. The normalized spacial score (nSPS) is 15.6. The van der Waals surface area contributed by atoms with Crippen LogP contribution in [0.1, 0.15) is 0 Å². The van der Waals surface area contributed by atoms with Crippen molar-refractivity contribution in [1.82, 2.24) is 19.9 Å². The molecule has 0 N–H and O–H groups in total. The quantitative estimate of drug-likeness (QED) is 0.832. The fourth-order valence-electron chi connectivity index (χ4n) is 2.14. The number of anilines is 2. The molecule has 0 radical (unpaired) electrons. The molecule has 0 saturated carbocycles. The molecule has 1 saturated heterocycles. The fourth-order valence-corrected chi connectivity index (χ4v) is 2.61. The Morgan fingerprint density at radius 3 is 2.37 bits per heavy atom. The van der Waals surface area contributed by atoms with Gasteiger partial charge < -0.3 is 9.80 Å². The van der Waals surface area contributed by atoms with Crippen molar-refractivity contribution in [2.75, 3.05) is 36.0 Å². The fraction of sp³-hybridized carbons (Fsp3) is 0.333. The van der Waals surface area contributed by atoms with Crippen molar-refractivity contribution in [2.45, 2.75) is 0 Å². The van der Waals surface area contributed by atoms with Gasteiger partial charge in [-0.3, -0.25) is 4.98 Å². The number of hydrogen-bond acceptors (Lipinski definition) is 6. The third kappa shape index (κ3) is 2.65. The zero-order valence-corrected chi connectivity index (χ0v) is 11.9. The molecule has 0 atom stereocenters. The zero-order valence-electron chi connectivity index (χ0n) is 10.3. The molecule has 0 amide bonds. The van der Waals surface area contributed by atoms with Gasteiger partial charge in [-0.2, -0.15) is 0 Å². The van der Waals surface area contributed by atoms with Crippen LogP contribution in [0, 0.1) is 0 Å². The van der Waals surface area contributed by atoms with E-state index >= 15 is 0 Å². The molecule has 1 fully saturated rings. The Labute approximate surface area is 119 Å². The number of aromatic nitrogens is 4. The molecule has 3 heterocycles. The highest BCUT2D eigenvalue weighted by Gasteiger charge is 2.20. The van der Waals surface area contributed by atoms with E-state index in [1.165, 1.54) is 0 Å². The summed E-state index contributed by atoms with van der Waals surface area (Å²) in [6.07, 6.45) is 8.57. The van der Waals surface area contributed by atoms with E-state index in [0.717, 1.165) is 42.3 Å². The second-order valence-corrected chi connectivity index (χ2v) is 5.09. The maximum atomic E-state index is 4.33. The van der Waals surface area contributed by atoms with E-state index in [1.807, 2.05) is 0 Å². The molecule has 6 nitrogen and oxygen atoms in total. The van der Waals surface area contributed by atoms with Gasteiger partial charge in [0.15, 0.2) is 0 Å². The Morgan fingerprint density at radius 1 is 0.895 bits per heavy atom. The van der Waals surface area contributed by atoms with Gasteiger partial charge in [-0.05, 0) is 15.9 Å². The molecular formula is C12H13BrN6. The van der Waals surface area contributed by atoms with E-state index in [4.69, 9.17) is 0 Å². The lowest BCUT2D eigenvalue weighted by Gasteiger charge is -2.36. The molecule has 3 rings (SSSR count). The summed E-state index contributed by atoms with van der Waals surface area (Å²) in [6, 6.07) is 0. The number of piperazine rings is 1. The molecule has 1 aliphatic heterocycles. The maximum absolute atomic E-state index is 4.33. The Morgan fingerprint density at radius 2 is 1.68 bits per heavy atom. The summed E-state index contributed by atoms with van der Waals surface area (Å²) in [5.41, 5.74) is 0. The molecule has 0 unspecified atom stereocenters. The van der Waals surface area contributed by atoms with Gasteiger partial charge in [-0.1, -0.05) is 0 Å². The third-order valence-corrected chi connectivity index (χ3v) is 3.66. The first-order valence-corrected chi connectivity index (χ1v) is 6.85. The summed E-state index contributed by atoms with van der Waals surface area (Å²) in [6.45, 7) is 3.64.